The van der Waals surface area contributed by atoms with Crippen molar-refractivity contribution in [3.8, 4) is 10.4 Å². The van der Waals surface area contributed by atoms with Crippen molar-refractivity contribution in [3.63, 3.8) is 0 Å². The summed E-state index contributed by atoms with van der Waals surface area (Å²) in [6.45, 7) is 0. The highest BCUT2D eigenvalue weighted by molar-refractivity contribution is 7.13. The van der Waals surface area contributed by atoms with Gasteiger partial charge in [-0.15, -0.1) is 11.3 Å². The lowest BCUT2D eigenvalue weighted by Gasteiger charge is -2.01. The van der Waals surface area contributed by atoms with Gasteiger partial charge in [0.05, 0.1) is 11.0 Å². The number of amides is 1. The zero-order chi connectivity index (χ0) is 12.7. The van der Waals surface area contributed by atoms with Crippen LogP contribution in [-0.4, -0.2) is 15.5 Å². The molecular weight excluding hydrogens is 246 g/mol. The lowest BCUT2D eigenvalue weighted by molar-refractivity contribution is 0.0993. The molecule has 3 aromatic heterocycles. The third-order valence-electron chi connectivity index (χ3n) is 2.96. The average Bonchev–Trinajstić information content (AvgIpc) is 2.96. The normalized spacial score (nSPS) is 10.9. The van der Waals surface area contributed by atoms with E-state index in [0.717, 1.165) is 21.5 Å². The van der Waals surface area contributed by atoms with Crippen LogP contribution in [0.5, 0.6) is 0 Å². The summed E-state index contributed by atoms with van der Waals surface area (Å²) in [6.07, 6.45) is 1.73. The van der Waals surface area contributed by atoms with Crippen LogP contribution < -0.4 is 5.73 Å². The van der Waals surface area contributed by atoms with E-state index in [1.54, 1.807) is 22.1 Å². The molecule has 0 unspecified atom stereocenters. The molecular formula is C13H11N3OS. The molecule has 0 aliphatic heterocycles. The first-order chi connectivity index (χ1) is 8.70. The Labute approximate surface area is 108 Å². The van der Waals surface area contributed by atoms with Gasteiger partial charge in [-0.1, -0.05) is 6.07 Å². The Kier molecular flexibility index (Phi) is 2.41. The highest BCUT2D eigenvalue weighted by Gasteiger charge is 2.21. The number of hydrogen-bond acceptors (Lipinski definition) is 3. The topological polar surface area (TPSA) is 60.9 Å². The van der Waals surface area contributed by atoms with Crippen LogP contribution in [0.3, 0.4) is 0 Å². The largest absolute Gasteiger partial charge is 0.364 e. The van der Waals surface area contributed by atoms with E-state index in [0.29, 0.717) is 5.69 Å². The monoisotopic (exact) mass is 257 g/mol. The minimum atomic E-state index is -0.432. The van der Waals surface area contributed by atoms with Crippen LogP contribution in [0.2, 0.25) is 0 Å². The second-order valence-electron chi connectivity index (χ2n) is 4.00. The molecule has 2 N–H and O–H groups in total. The molecule has 0 aromatic carbocycles. The van der Waals surface area contributed by atoms with E-state index < -0.39 is 5.91 Å². The van der Waals surface area contributed by atoms with E-state index in [1.165, 1.54) is 0 Å². The van der Waals surface area contributed by atoms with Crippen molar-refractivity contribution in [2.24, 2.45) is 12.8 Å². The minimum Gasteiger partial charge on any atom is -0.364 e. The van der Waals surface area contributed by atoms with Crippen molar-refractivity contribution in [2.75, 3.05) is 0 Å². The Morgan fingerprint density at radius 1 is 1.39 bits per heavy atom. The fraction of sp³-hybridized carbons (Fsp3) is 0.0769. The van der Waals surface area contributed by atoms with Crippen LogP contribution in [0, 0.1) is 0 Å². The Morgan fingerprint density at radius 2 is 2.22 bits per heavy atom. The maximum absolute atomic E-state index is 11.7. The molecule has 0 spiro atoms. The molecule has 4 nitrogen and oxygen atoms in total. The molecule has 0 bridgehead atoms. The number of aryl methyl sites for hydroxylation is 1. The van der Waals surface area contributed by atoms with Crippen LogP contribution in [0.1, 0.15) is 10.5 Å². The summed E-state index contributed by atoms with van der Waals surface area (Å²) in [6, 6.07) is 7.71. The molecule has 0 fully saturated rings. The zero-order valence-electron chi connectivity index (χ0n) is 9.75. The van der Waals surface area contributed by atoms with Crippen molar-refractivity contribution in [3.05, 3.63) is 41.5 Å². The lowest BCUT2D eigenvalue weighted by atomic mass is 10.1. The number of nitrogens with two attached hydrogens (primary N) is 1. The third kappa shape index (κ3) is 1.44. The molecule has 3 heterocycles. The van der Waals surface area contributed by atoms with Gasteiger partial charge < -0.3 is 10.3 Å². The van der Waals surface area contributed by atoms with Crippen LogP contribution in [0.4, 0.5) is 0 Å². The van der Waals surface area contributed by atoms with E-state index in [-0.39, 0.29) is 0 Å². The molecule has 0 radical (unpaired) electrons. The number of hydrogen-bond donors (Lipinski definition) is 1. The first-order valence-electron chi connectivity index (χ1n) is 5.47. The summed E-state index contributed by atoms with van der Waals surface area (Å²) < 4.78 is 1.81. The van der Waals surface area contributed by atoms with E-state index >= 15 is 0 Å². The van der Waals surface area contributed by atoms with Gasteiger partial charge in [-0.05, 0) is 23.6 Å². The highest BCUT2D eigenvalue weighted by atomic mass is 32.1. The van der Waals surface area contributed by atoms with Gasteiger partial charge >= 0.3 is 0 Å². The molecule has 18 heavy (non-hydrogen) atoms. The first-order valence-corrected chi connectivity index (χ1v) is 6.35. The molecule has 3 rings (SSSR count). The van der Waals surface area contributed by atoms with Crippen LogP contribution in [0.25, 0.3) is 21.5 Å². The Balaban J connectivity index is 2.48. The standard InChI is InChI=1S/C13H11N3OS/c1-16-8-4-2-6-15-11(8)10(12(16)13(14)17)9-5-3-7-18-9/h2-7H,1H3,(H2,14,17). The number of nitrogens with zero attached hydrogens (tertiary/aromatic N) is 2. The minimum absolute atomic E-state index is 0.432. The summed E-state index contributed by atoms with van der Waals surface area (Å²) in [5, 5.41) is 1.97. The molecule has 0 saturated heterocycles. The van der Waals surface area contributed by atoms with Gasteiger partial charge in [0.25, 0.3) is 5.91 Å². The SMILES string of the molecule is Cn1c(C(N)=O)c(-c2cccs2)c2ncccc21. The van der Waals surface area contributed by atoms with E-state index in [2.05, 4.69) is 4.98 Å². The fourth-order valence-corrected chi connectivity index (χ4v) is 2.98. The van der Waals surface area contributed by atoms with Gasteiger partial charge in [0.15, 0.2) is 0 Å². The number of rotatable bonds is 2. The van der Waals surface area contributed by atoms with Crippen molar-refractivity contribution >= 4 is 28.3 Å². The van der Waals surface area contributed by atoms with Gasteiger partial charge in [0.2, 0.25) is 0 Å². The van der Waals surface area contributed by atoms with Crippen LogP contribution in [-0.2, 0) is 7.05 Å². The van der Waals surface area contributed by atoms with Gasteiger partial charge in [-0.2, -0.15) is 0 Å². The molecule has 0 atom stereocenters. The zero-order valence-corrected chi connectivity index (χ0v) is 10.6. The summed E-state index contributed by atoms with van der Waals surface area (Å²) in [4.78, 5) is 17.1. The molecule has 0 saturated carbocycles. The van der Waals surface area contributed by atoms with Gasteiger partial charge in [0.1, 0.15) is 5.69 Å². The number of aromatic nitrogens is 2. The first kappa shape index (κ1) is 11.0. The maximum Gasteiger partial charge on any atom is 0.266 e. The van der Waals surface area contributed by atoms with Gasteiger partial charge in [-0.3, -0.25) is 9.78 Å². The second kappa shape index (κ2) is 3.96. The van der Waals surface area contributed by atoms with Crippen molar-refractivity contribution in [2.45, 2.75) is 0 Å². The summed E-state index contributed by atoms with van der Waals surface area (Å²) in [7, 11) is 1.83. The van der Waals surface area contributed by atoms with Crippen LogP contribution in [0.15, 0.2) is 35.8 Å². The summed E-state index contributed by atoms with van der Waals surface area (Å²) in [5.41, 5.74) is 8.57. The predicted octanol–water partition coefficient (Wildman–Crippen LogP) is 2.40. The van der Waals surface area contributed by atoms with E-state index in [4.69, 9.17) is 5.73 Å². The van der Waals surface area contributed by atoms with Crippen molar-refractivity contribution in [1.29, 1.82) is 0 Å². The molecule has 0 aliphatic carbocycles. The smallest absolute Gasteiger partial charge is 0.266 e. The van der Waals surface area contributed by atoms with E-state index in [9.17, 15) is 4.79 Å². The summed E-state index contributed by atoms with van der Waals surface area (Å²) >= 11 is 1.57. The molecule has 3 aromatic rings. The summed E-state index contributed by atoms with van der Waals surface area (Å²) in [5.74, 6) is -0.432. The highest BCUT2D eigenvalue weighted by Crippen LogP contribution is 2.35. The molecule has 90 valence electrons. The van der Waals surface area contributed by atoms with Crippen molar-refractivity contribution in [1.82, 2.24) is 9.55 Å². The molecule has 1 amide bonds. The number of pyridine rings is 1. The Hall–Kier alpha value is -2.14. The predicted molar refractivity (Wildman–Crippen MR) is 72.5 cm³/mol. The lowest BCUT2D eigenvalue weighted by Crippen LogP contribution is -2.16. The number of fused-ring (bicyclic) bond motifs is 1. The Bertz CT molecular complexity index is 728. The molecule has 5 heteroatoms. The van der Waals surface area contributed by atoms with Gasteiger partial charge in [-0.25, -0.2) is 0 Å². The number of carbonyl (C=O) groups is 1. The Morgan fingerprint density at radius 3 is 2.89 bits per heavy atom. The van der Waals surface area contributed by atoms with Crippen molar-refractivity contribution < 1.29 is 4.79 Å². The fourth-order valence-electron chi connectivity index (χ4n) is 2.20. The van der Waals surface area contributed by atoms with Crippen LogP contribution >= 0.6 is 11.3 Å². The number of carbonyl (C=O) groups excluding carboxylic acids is 1. The van der Waals surface area contributed by atoms with E-state index in [1.807, 2.05) is 36.7 Å². The van der Waals surface area contributed by atoms with Gasteiger partial charge in [0, 0.05) is 23.7 Å². The third-order valence-corrected chi connectivity index (χ3v) is 3.85. The molecule has 0 aliphatic rings. The average molecular weight is 257 g/mol. The number of thiophene rings is 1. The number of primary amides is 1. The quantitative estimate of drug-likeness (QED) is 0.766. The second-order valence-corrected chi connectivity index (χ2v) is 4.94. The maximum atomic E-state index is 11.7.